The van der Waals surface area contributed by atoms with Gasteiger partial charge in [0.15, 0.2) is 0 Å². The summed E-state index contributed by atoms with van der Waals surface area (Å²) in [5.74, 6) is 2.07. The smallest absolute Gasteiger partial charge is 0.131 e. The normalized spacial score (nSPS) is 21.1. The molecule has 4 nitrogen and oxygen atoms in total. The van der Waals surface area contributed by atoms with Gasteiger partial charge in [0, 0.05) is 32.2 Å². The van der Waals surface area contributed by atoms with Crippen LogP contribution in [0.1, 0.15) is 20.8 Å². The summed E-state index contributed by atoms with van der Waals surface area (Å²) in [6, 6.07) is 6.82. The predicted molar refractivity (Wildman–Crippen MR) is 77.3 cm³/mol. The lowest BCUT2D eigenvalue weighted by molar-refractivity contribution is 0.199. The van der Waals surface area contributed by atoms with Crippen LogP contribution in [-0.2, 0) is 0 Å². The van der Waals surface area contributed by atoms with Crippen LogP contribution in [0, 0.1) is 0 Å². The zero-order chi connectivity index (χ0) is 13.0. The number of anilines is 2. The molecule has 2 heterocycles. The summed E-state index contributed by atoms with van der Waals surface area (Å²) in [4.78, 5) is 9.57. The highest BCUT2D eigenvalue weighted by atomic mass is 15.3. The van der Waals surface area contributed by atoms with Crippen LogP contribution in [0.25, 0.3) is 0 Å². The van der Waals surface area contributed by atoms with E-state index in [0.29, 0.717) is 6.04 Å². The topological polar surface area (TPSA) is 31.4 Å². The first kappa shape index (κ1) is 13.1. The number of nitrogens with zero attached hydrogens (tertiary/aromatic N) is 3. The second-order valence-electron chi connectivity index (χ2n) is 4.83. The van der Waals surface area contributed by atoms with Crippen LogP contribution in [0.5, 0.6) is 0 Å². The number of hydrogen-bond acceptors (Lipinski definition) is 4. The fourth-order valence-electron chi connectivity index (χ4n) is 2.55. The Morgan fingerprint density at radius 2 is 2.17 bits per heavy atom. The van der Waals surface area contributed by atoms with Gasteiger partial charge in [-0.15, -0.1) is 0 Å². The van der Waals surface area contributed by atoms with Gasteiger partial charge in [0.2, 0.25) is 0 Å². The molecule has 1 aromatic rings. The molecular formula is C14H24N4. The number of pyridine rings is 1. The second-order valence-corrected chi connectivity index (χ2v) is 4.83. The number of hydrogen-bond donors (Lipinski definition) is 1. The van der Waals surface area contributed by atoms with E-state index in [1.807, 2.05) is 6.07 Å². The Labute approximate surface area is 110 Å². The highest BCUT2D eigenvalue weighted by molar-refractivity contribution is 5.47. The number of likely N-dealkylation sites (N-methyl/N-ethyl adjacent to an activating group) is 1. The molecule has 1 aliphatic heterocycles. The van der Waals surface area contributed by atoms with Gasteiger partial charge in [-0.1, -0.05) is 13.0 Å². The largest absolute Gasteiger partial charge is 0.370 e. The first-order chi connectivity index (χ1) is 8.74. The molecule has 100 valence electrons. The Balaban J connectivity index is 2.05. The molecule has 0 aliphatic carbocycles. The van der Waals surface area contributed by atoms with Gasteiger partial charge in [-0.3, -0.25) is 4.90 Å². The maximum atomic E-state index is 4.67. The first-order valence-electron chi connectivity index (χ1n) is 6.94. The minimum Gasteiger partial charge on any atom is -0.370 e. The molecule has 0 bridgehead atoms. The fourth-order valence-corrected chi connectivity index (χ4v) is 2.55. The molecule has 18 heavy (non-hydrogen) atoms. The molecule has 1 unspecified atom stereocenters. The van der Waals surface area contributed by atoms with E-state index < -0.39 is 0 Å². The number of piperazine rings is 1. The highest BCUT2D eigenvalue weighted by Gasteiger charge is 2.23. The van der Waals surface area contributed by atoms with Crippen LogP contribution in [-0.4, -0.2) is 48.6 Å². The van der Waals surface area contributed by atoms with Crippen molar-refractivity contribution in [2.24, 2.45) is 0 Å². The van der Waals surface area contributed by atoms with Gasteiger partial charge in [0.1, 0.15) is 11.6 Å². The Bertz CT molecular complexity index is 380. The van der Waals surface area contributed by atoms with Gasteiger partial charge in [0.05, 0.1) is 0 Å². The Kier molecular flexibility index (Phi) is 4.42. The van der Waals surface area contributed by atoms with Crippen molar-refractivity contribution in [3.63, 3.8) is 0 Å². The molecule has 1 N–H and O–H groups in total. The Morgan fingerprint density at radius 3 is 2.83 bits per heavy atom. The second kappa shape index (κ2) is 6.05. The number of rotatable bonds is 4. The van der Waals surface area contributed by atoms with Crippen molar-refractivity contribution in [2.75, 3.05) is 42.9 Å². The molecule has 1 saturated heterocycles. The van der Waals surface area contributed by atoms with Crippen LogP contribution in [0.3, 0.4) is 0 Å². The predicted octanol–water partition coefficient (Wildman–Crippen LogP) is 2.04. The van der Waals surface area contributed by atoms with Crippen LogP contribution < -0.4 is 10.2 Å². The van der Waals surface area contributed by atoms with Crippen LogP contribution in [0.4, 0.5) is 11.6 Å². The quantitative estimate of drug-likeness (QED) is 0.883. The standard InChI is InChI=1S/C14H24N4/c1-4-15-13-7-6-8-14(16-13)18-10-9-17(5-2)12(3)11-18/h6-8,12H,4-5,9-11H2,1-3H3,(H,15,16). The number of aromatic nitrogens is 1. The van der Waals surface area contributed by atoms with E-state index in [0.717, 1.165) is 44.4 Å². The molecule has 1 atom stereocenters. The zero-order valence-corrected chi connectivity index (χ0v) is 11.7. The Morgan fingerprint density at radius 1 is 1.33 bits per heavy atom. The maximum Gasteiger partial charge on any atom is 0.131 e. The summed E-state index contributed by atoms with van der Waals surface area (Å²) in [6.07, 6.45) is 0. The van der Waals surface area contributed by atoms with Crippen molar-refractivity contribution in [3.05, 3.63) is 18.2 Å². The molecular weight excluding hydrogens is 224 g/mol. The van der Waals surface area contributed by atoms with Gasteiger partial charge < -0.3 is 10.2 Å². The summed E-state index contributed by atoms with van der Waals surface area (Å²) in [5.41, 5.74) is 0. The molecule has 1 fully saturated rings. The Hall–Kier alpha value is -1.29. The molecule has 2 rings (SSSR count). The molecule has 0 radical (unpaired) electrons. The summed E-state index contributed by atoms with van der Waals surface area (Å²) in [7, 11) is 0. The van der Waals surface area contributed by atoms with E-state index >= 15 is 0 Å². The third-order valence-electron chi connectivity index (χ3n) is 3.59. The monoisotopic (exact) mass is 248 g/mol. The lowest BCUT2D eigenvalue weighted by Crippen LogP contribution is -2.52. The average molecular weight is 248 g/mol. The van der Waals surface area contributed by atoms with Gasteiger partial charge in [-0.05, 0) is 32.5 Å². The van der Waals surface area contributed by atoms with E-state index in [1.54, 1.807) is 0 Å². The zero-order valence-electron chi connectivity index (χ0n) is 11.7. The first-order valence-corrected chi connectivity index (χ1v) is 6.94. The maximum absolute atomic E-state index is 4.67. The van der Waals surface area contributed by atoms with Crippen molar-refractivity contribution in [1.29, 1.82) is 0 Å². The van der Waals surface area contributed by atoms with E-state index in [2.05, 4.69) is 53.0 Å². The lowest BCUT2D eigenvalue weighted by atomic mass is 10.2. The average Bonchev–Trinajstić information content (AvgIpc) is 2.39. The van der Waals surface area contributed by atoms with Crippen LogP contribution in [0.2, 0.25) is 0 Å². The minimum absolute atomic E-state index is 0.605. The van der Waals surface area contributed by atoms with Crippen molar-refractivity contribution in [1.82, 2.24) is 9.88 Å². The summed E-state index contributed by atoms with van der Waals surface area (Å²) < 4.78 is 0. The summed E-state index contributed by atoms with van der Waals surface area (Å²) in [6.45, 7) is 11.9. The molecule has 1 aliphatic rings. The van der Waals surface area contributed by atoms with Crippen LogP contribution in [0.15, 0.2) is 18.2 Å². The fraction of sp³-hybridized carbons (Fsp3) is 0.643. The summed E-state index contributed by atoms with van der Waals surface area (Å²) >= 11 is 0. The van der Waals surface area contributed by atoms with Crippen molar-refractivity contribution in [2.45, 2.75) is 26.8 Å². The van der Waals surface area contributed by atoms with Crippen molar-refractivity contribution >= 4 is 11.6 Å². The molecule has 0 saturated carbocycles. The lowest BCUT2D eigenvalue weighted by Gasteiger charge is -2.40. The van der Waals surface area contributed by atoms with Gasteiger partial charge in [-0.25, -0.2) is 4.98 Å². The molecule has 0 amide bonds. The van der Waals surface area contributed by atoms with E-state index in [4.69, 9.17) is 0 Å². The van der Waals surface area contributed by atoms with Gasteiger partial charge >= 0.3 is 0 Å². The van der Waals surface area contributed by atoms with Crippen molar-refractivity contribution < 1.29 is 0 Å². The van der Waals surface area contributed by atoms with Crippen LogP contribution >= 0.6 is 0 Å². The van der Waals surface area contributed by atoms with Gasteiger partial charge in [-0.2, -0.15) is 0 Å². The van der Waals surface area contributed by atoms with E-state index in [-0.39, 0.29) is 0 Å². The van der Waals surface area contributed by atoms with Crippen molar-refractivity contribution in [3.8, 4) is 0 Å². The van der Waals surface area contributed by atoms with Gasteiger partial charge in [0.25, 0.3) is 0 Å². The molecule has 1 aromatic heterocycles. The SMILES string of the molecule is CCNc1cccc(N2CCN(CC)C(C)C2)n1. The third kappa shape index (κ3) is 2.93. The molecule has 4 heteroatoms. The highest BCUT2D eigenvalue weighted by Crippen LogP contribution is 2.18. The number of nitrogens with one attached hydrogen (secondary N) is 1. The minimum atomic E-state index is 0.605. The van der Waals surface area contributed by atoms with E-state index in [9.17, 15) is 0 Å². The summed E-state index contributed by atoms with van der Waals surface area (Å²) in [5, 5.41) is 3.27. The molecule has 0 spiro atoms. The van der Waals surface area contributed by atoms with E-state index in [1.165, 1.54) is 0 Å². The molecule has 0 aromatic carbocycles. The third-order valence-corrected chi connectivity index (χ3v) is 3.59.